The first-order chi connectivity index (χ1) is 11.6. The molecular formula is C18H37IN4O2. The van der Waals surface area contributed by atoms with Crippen molar-refractivity contribution in [2.75, 3.05) is 45.9 Å². The lowest BCUT2D eigenvalue weighted by Gasteiger charge is -2.34. The van der Waals surface area contributed by atoms with E-state index in [1.165, 1.54) is 0 Å². The molecule has 1 aliphatic heterocycles. The number of aliphatic imine (C=N–C) groups is 1. The molecule has 3 unspecified atom stereocenters. The second-order valence-corrected chi connectivity index (χ2v) is 7.51. The minimum Gasteiger partial charge on any atom is -0.393 e. The van der Waals surface area contributed by atoms with Crippen LogP contribution in [0.4, 0.5) is 0 Å². The fourth-order valence-corrected chi connectivity index (χ4v) is 3.58. The fourth-order valence-electron chi connectivity index (χ4n) is 3.58. The first-order valence-corrected chi connectivity index (χ1v) is 9.62. The lowest BCUT2D eigenvalue weighted by Crippen LogP contribution is -2.50. The van der Waals surface area contributed by atoms with Gasteiger partial charge in [0.05, 0.1) is 18.8 Å². The monoisotopic (exact) mass is 468 g/mol. The highest BCUT2D eigenvalue weighted by Crippen LogP contribution is 2.25. The predicted molar refractivity (Wildman–Crippen MR) is 114 cm³/mol. The van der Waals surface area contributed by atoms with E-state index in [0.717, 1.165) is 64.6 Å². The summed E-state index contributed by atoms with van der Waals surface area (Å²) in [6, 6.07) is 0. The molecule has 0 bridgehead atoms. The van der Waals surface area contributed by atoms with Crippen molar-refractivity contribution >= 4 is 29.9 Å². The number of aliphatic hydroxyl groups is 1. The van der Waals surface area contributed by atoms with E-state index < -0.39 is 0 Å². The molecule has 7 heteroatoms. The number of aliphatic hydroxyl groups excluding tert-OH is 1. The van der Waals surface area contributed by atoms with Crippen LogP contribution < -0.4 is 10.6 Å². The second kappa shape index (κ2) is 12.3. The van der Waals surface area contributed by atoms with Crippen LogP contribution in [0.3, 0.4) is 0 Å². The highest BCUT2D eigenvalue weighted by atomic mass is 127. The van der Waals surface area contributed by atoms with E-state index in [1.807, 2.05) is 0 Å². The van der Waals surface area contributed by atoms with Crippen molar-refractivity contribution in [3.05, 3.63) is 0 Å². The summed E-state index contributed by atoms with van der Waals surface area (Å²) in [6.45, 7) is 12.8. The molecule has 0 aromatic heterocycles. The smallest absolute Gasteiger partial charge is 0.191 e. The minimum absolute atomic E-state index is 0. The first kappa shape index (κ1) is 22.9. The zero-order valence-corrected chi connectivity index (χ0v) is 18.4. The summed E-state index contributed by atoms with van der Waals surface area (Å²) >= 11 is 0. The number of ether oxygens (including phenoxy) is 1. The minimum atomic E-state index is -0.178. The lowest BCUT2D eigenvalue weighted by molar-refractivity contribution is -0.0284. The van der Waals surface area contributed by atoms with Crippen LogP contribution in [0.25, 0.3) is 0 Å². The van der Waals surface area contributed by atoms with E-state index in [0.29, 0.717) is 18.4 Å². The van der Waals surface area contributed by atoms with Gasteiger partial charge in [-0.1, -0.05) is 20.3 Å². The zero-order valence-electron chi connectivity index (χ0n) is 16.0. The summed E-state index contributed by atoms with van der Waals surface area (Å²) in [6.07, 6.45) is 3.15. The normalized spacial score (nSPS) is 28.0. The van der Waals surface area contributed by atoms with E-state index in [-0.39, 0.29) is 36.2 Å². The molecule has 0 spiro atoms. The third kappa shape index (κ3) is 8.41. The van der Waals surface area contributed by atoms with E-state index >= 15 is 0 Å². The van der Waals surface area contributed by atoms with Gasteiger partial charge in [-0.2, -0.15) is 0 Å². The molecule has 2 rings (SSSR count). The van der Waals surface area contributed by atoms with Crippen molar-refractivity contribution in [2.45, 2.75) is 52.2 Å². The number of morpholine rings is 1. The van der Waals surface area contributed by atoms with Gasteiger partial charge in [-0.3, -0.25) is 9.89 Å². The molecule has 1 saturated heterocycles. The number of guanidine groups is 1. The molecule has 1 saturated carbocycles. The molecule has 0 radical (unpaired) electrons. The van der Waals surface area contributed by atoms with Gasteiger partial charge >= 0.3 is 0 Å². The van der Waals surface area contributed by atoms with Gasteiger partial charge < -0.3 is 20.5 Å². The Kier molecular flexibility index (Phi) is 11.3. The van der Waals surface area contributed by atoms with Crippen molar-refractivity contribution in [1.29, 1.82) is 0 Å². The van der Waals surface area contributed by atoms with Crippen LogP contribution in [-0.4, -0.2) is 74.0 Å². The van der Waals surface area contributed by atoms with Gasteiger partial charge in [-0.05, 0) is 25.7 Å². The Morgan fingerprint density at radius 3 is 2.76 bits per heavy atom. The third-order valence-electron chi connectivity index (χ3n) is 4.79. The maximum absolute atomic E-state index is 9.93. The third-order valence-corrected chi connectivity index (χ3v) is 4.79. The average molecular weight is 468 g/mol. The second-order valence-electron chi connectivity index (χ2n) is 7.51. The predicted octanol–water partition coefficient (Wildman–Crippen LogP) is 1.68. The van der Waals surface area contributed by atoms with Crippen LogP contribution in [-0.2, 0) is 4.74 Å². The van der Waals surface area contributed by atoms with Crippen molar-refractivity contribution < 1.29 is 9.84 Å². The van der Waals surface area contributed by atoms with Gasteiger partial charge in [0.15, 0.2) is 5.96 Å². The molecular weight excluding hydrogens is 431 g/mol. The van der Waals surface area contributed by atoms with Gasteiger partial charge in [0, 0.05) is 45.2 Å². The summed E-state index contributed by atoms with van der Waals surface area (Å²) in [5.74, 6) is 1.84. The lowest BCUT2D eigenvalue weighted by atomic mass is 10.1. The fraction of sp³-hybridized carbons (Fsp3) is 0.944. The molecule has 0 amide bonds. The van der Waals surface area contributed by atoms with E-state index in [4.69, 9.17) is 4.74 Å². The van der Waals surface area contributed by atoms with Crippen molar-refractivity contribution in [1.82, 2.24) is 15.5 Å². The summed E-state index contributed by atoms with van der Waals surface area (Å²) in [7, 11) is 0. The van der Waals surface area contributed by atoms with Gasteiger partial charge in [-0.15, -0.1) is 24.0 Å². The number of halogens is 1. The molecule has 2 fully saturated rings. The van der Waals surface area contributed by atoms with Gasteiger partial charge in [0.2, 0.25) is 0 Å². The van der Waals surface area contributed by atoms with Crippen molar-refractivity contribution in [3.63, 3.8) is 0 Å². The number of rotatable bonds is 7. The SMILES string of the molecule is CCNC(=NCC1CCCC1O)NCC1CN(CC(C)C)CCO1.I. The number of nitrogens with zero attached hydrogens (tertiary/aromatic N) is 2. The van der Waals surface area contributed by atoms with E-state index in [1.54, 1.807) is 0 Å². The Labute approximate surface area is 170 Å². The number of nitrogens with one attached hydrogen (secondary N) is 2. The van der Waals surface area contributed by atoms with Gasteiger partial charge in [0.1, 0.15) is 0 Å². The van der Waals surface area contributed by atoms with Crippen molar-refractivity contribution in [3.8, 4) is 0 Å². The molecule has 2 aliphatic rings. The quantitative estimate of drug-likeness (QED) is 0.302. The Hall–Kier alpha value is -0.120. The first-order valence-electron chi connectivity index (χ1n) is 9.62. The Morgan fingerprint density at radius 1 is 1.32 bits per heavy atom. The molecule has 3 atom stereocenters. The molecule has 1 aliphatic carbocycles. The highest BCUT2D eigenvalue weighted by molar-refractivity contribution is 14.0. The Balaban J connectivity index is 0.00000312. The highest BCUT2D eigenvalue weighted by Gasteiger charge is 2.25. The van der Waals surface area contributed by atoms with Crippen LogP contribution in [0.15, 0.2) is 4.99 Å². The Morgan fingerprint density at radius 2 is 2.12 bits per heavy atom. The summed E-state index contributed by atoms with van der Waals surface area (Å²) in [5.41, 5.74) is 0. The molecule has 0 aromatic rings. The average Bonchev–Trinajstić information content (AvgIpc) is 2.95. The van der Waals surface area contributed by atoms with Crippen LogP contribution in [0.1, 0.15) is 40.0 Å². The molecule has 6 nitrogen and oxygen atoms in total. The summed E-state index contributed by atoms with van der Waals surface area (Å²) in [4.78, 5) is 7.15. The largest absolute Gasteiger partial charge is 0.393 e. The van der Waals surface area contributed by atoms with Gasteiger partial charge in [0.25, 0.3) is 0 Å². The molecule has 1 heterocycles. The van der Waals surface area contributed by atoms with Gasteiger partial charge in [-0.25, -0.2) is 0 Å². The molecule has 25 heavy (non-hydrogen) atoms. The standard InChI is InChI=1S/C18H36N4O2.HI/c1-4-19-18(20-10-15-6-5-7-17(15)23)21-11-16-13-22(8-9-24-16)12-14(2)3;/h14-17,23H,4-13H2,1-3H3,(H2,19,20,21);1H. The van der Waals surface area contributed by atoms with Crippen LogP contribution in [0.5, 0.6) is 0 Å². The van der Waals surface area contributed by atoms with Crippen LogP contribution >= 0.6 is 24.0 Å². The summed E-state index contributed by atoms with van der Waals surface area (Å²) in [5, 5.41) is 16.6. The molecule has 3 N–H and O–H groups in total. The molecule has 0 aromatic carbocycles. The Bertz CT molecular complexity index is 395. The van der Waals surface area contributed by atoms with Crippen molar-refractivity contribution in [2.24, 2.45) is 16.8 Å². The summed E-state index contributed by atoms with van der Waals surface area (Å²) < 4.78 is 5.89. The van der Waals surface area contributed by atoms with E-state index in [9.17, 15) is 5.11 Å². The maximum atomic E-state index is 9.93. The zero-order chi connectivity index (χ0) is 17.4. The topological polar surface area (TPSA) is 69.1 Å². The maximum Gasteiger partial charge on any atom is 0.191 e. The number of hydrogen-bond acceptors (Lipinski definition) is 4. The van der Waals surface area contributed by atoms with Crippen LogP contribution in [0, 0.1) is 11.8 Å². The van der Waals surface area contributed by atoms with Crippen LogP contribution in [0.2, 0.25) is 0 Å². The number of hydrogen-bond donors (Lipinski definition) is 3. The molecule has 148 valence electrons. The van der Waals surface area contributed by atoms with E-state index in [2.05, 4.69) is 41.3 Å².